The second-order valence-corrected chi connectivity index (χ2v) is 6.70. The third kappa shape index (κ3) is 4.13. The summed E-state index contributed by atoms with van der Waals surface area (Å²) >= 11 is 0. The third-order valence-electron chi connectivity index (χ3n) is 4.64. The topological polar surface area (TPSA) is 86.9 Å². The van der Waals surface area contributed by atoms with Crippen molar-refractivity contribution in [3.05, 3.63) is 23.3 Å². The van der Waals surface area contributed by atoms with Gasteiger partial charge in [0, 0.05) is 44.1 Å². The zero-order valence-electron chi connectivity index (χ0n) is 15.1. The van der Waals surface area contributed by atoms with E-state index in [4.69, 9.17) is 0 Å². The number of nitrogens with zero attached hydrogens (tertiary/aromatic N) is 6. The summed E-state index contributed by atoms with van der Waals surface area (Å²) in [7, 11) is 0. The van der Waals surface area contributed by atoms with E-state index in [-0.39, 0.29) is 18.4 Å². The minimum absolute atomic E-state index is 0.0426. The highest BCUT2D eigenvalue weighted by atomic mass is 16.3. The summed E-state index contributed by atoms with van der Waals surface area (Å²) in [4.78, 5) is 25.3. The molecule has 1 saturated heterocycles. The van der Waals surface area contributed by atoms with E-state index in [1.807, 2.05) is 31.7 Å². The molecule has 1 atom stereocenters. The van der Waals surface area contributed by atoms with Gasteiger partial charge >= 0.3 is 0 Å². The quantitative estimate of drug-likeness (QED) is 0.832. The average Bonchev–Trinajstić information content (AvgIpc) is 2.98. The summed E-state index contributed by atoms with van der Waals surface area (Å²) < 4.78 is 1.68. The van der Waals surface area contributed by atoms with Crippen molar-refractivity contribution in [1.82, 2.24) is 29.4 Å². The monoisotopic (exact) mass is 346 g/mol. The van der Waals surface area contributed by atoms with Crippen LogP contribution in [-0.2, 0) is 11.2 Å². The molecule has 1 aliphatic heterocycles. The molecule has 136 valence electrons. The maximum absolute atomic E-state index is 12.5. The van der Waals surface area contributed by atoms with Crippen LogP contribution in [0.15, 0.2) is 6.07 Å². The Morgan fingerprint density at radius 1 is 1.24 bits per heavy atom. The van der Waals surface area contributed by atoms with E-state index in [1.54, 1.807) is 4.52 Å². The van der Waals surface area contributed by atoms with Crippen LogP contribution in [-0.4, -0.2) is 79.2 Å². The van der Waals surface area contributed by atoms with Gasteiger partial charge in [0.2, 0.25) is 5.91 Å². The first-order valence-corrected chi connectivity index (χ1v) is 8.84. The Kier molecular flexibility index (Phi) is 5.29. The molecule has 1 N–H and O–H groups in total. The van der Waals surface area contributed by atoms with Crippen molar-refractivity contribution in [2.45, 2.75) is 39.7 Å². The number of amides is 1. The van der Waals surface area contributed by atoms with Crippen LogP contribution in [0.3, 0.4) is 0 Å². The zero-order valence-corrected chi connectivity index (χ0v) is 15.1. The highest BCUT2D eigenvalue weighted by Gasteiger charge is 2.23. The predicted molar refractivity (Wildman–Crippen MR) is 93.3 cm³/mol. The third-order valence-corrected chi connectivity index (χ3v) is 4.64. The van der Waals surface area contributed by atoms with Gasteiger partial charge in [-0.3, -0.25) is 9.69 Å². The van der Waals surface area contributed by atoms with E-state index < -0.39 is 0 Å². The van der Waals surface area contributed by atoms with Crippen LogP contribution in [0.25, 0.3) is 5.78 Å². The standard InChI is InChI=1S/C17H26N6O2/c1-4-14(24)11-21-5-7-22(8-6-21)16(25)10-15-19-17-18-12(2)9-13(3)23(17)20-15/h9,14,24H,4-8,10-11H2,1-3H3. The van der Waals surface area contributed by atoms with Crippen molar-refractivity contribution in [2.75, 3.05) is 32.7 Å². The first-order valence-electron chi connectivity index (χ1n) is 8.84. The lowest BCUT2D eigenvalue weighted by molar-refractivity contribution is -0.132. The number of fused-ring (bicyclic) bond motifs is 1. The Morgan fingerprint density at radius 2 is 1.96 bits per heavy atom. The lowest BCUT2D eigenvalue weighted by Crippen LogP contribution is -2.50. The van der Waals surface area contributed by atoms with E-state index in [2.05, 4.69) is 20.0 Å². The summed E-state index contributed by atoms with van der Waals surface area (Å²) in [6.07, 6.45) is 0.661. The van der Waals surface area contributed by atoms with Crippen molar-refractivity contribution in [3.8, 4) is 0 Å². The molecule has 2 aromatic heterocycles. The van der Waals surface area contributed by atoms with Gasteiger partial charge in [-0.15, -0.1) is 5.10 Å². The average molecular weight is 346 g/mol. The largest absolute Gasteiger partial charge is 0.392 e. The number of aryl methyl sites for hydroxylation is 2. The first kappa shape index (κ1) is 17.8. The molecule has 1 amide bonds. The molecule has 8 nitrogen and oxygen atoms in total. The summed E-state index contributed by atoms with van der Waals surface area (Å²) in [6.45, 7) is 9.47. The number of hydrogen-bond acceptors (Lipinski definition) is 6. The van der Waals surface area contributed by atoms with E-state index in [1.165, 1.54) is 0 Å². The van der Waals surface area contributed by atoms with Crippen molar-refractivity contribution in [1.29, 1.82) is 0 Å². The van der Waals surface area contributed by atoms with Gasteiger partial charge in [-0.05, 0) is 26.3 Å². The number of aromatic nitrogens is 4. The highest BCUT2D eigenvalue weighted by Crippen LogP contribution is 2.09. The van der Waals surface area contributed by atoms with Gasteiger partial charge in [-0.2, -0.15) is 4.98 Å². The molecule has 25 heavy (non-hydrogen) atoms. The lowest BCUT2D eigenvalue weighted by atomic mass is 10.2. The van der Waals surface area contributed by atoms with Gasteiger partial charge < -0.3 is 10.0 Å². The molecule has 0 saturated carbocycles. The number of aliphatic hydroxyl groups excluding tert-OH is 1. The molecule has 3 heterocycles. The minimum atomic E-state index is -0.288. The van der Waals surface area contributed by atoms with Crippen molar-refractivity contribution in [2.24, 2.45) is 0 Å². The first-order chi connectivity index (χ1) is 12.0. The Labute approximate surface area is 147 Å². The maximum atomic E-state index is 12.5. The van der Waals surface area contributed by atoms with Crippen molar-refractivity contribution in [3.63, 3.8) is 0 Å². The van der Waals surface area contributed by atoms with Crippen LogP contribution >= 0.6 is 0 Å². The minimum Gasteiger partial charge on any atom is -0.392 e. The molecular weight excluding hydrogens is 320 g/mol. The molecule has 1 aliphatic rings. The maximum Gasteiger partial charge on any atom is 0.252 e. The van der Waals surface area contributed by atoms with Gasteiger partial charge in [0.05, 0.1) is 12.5 Å². The Bertz CT molecular complexity index is 751. The molecule has 0 aliphatic carbocycles. The van der Waals surface area contributed by atoms with Crippen molar-refractivity contribution < 1.29 is 9.90 Å². The number of carbonyl (C=O) groups is 1. The predicted octanol–water partition coefficient (Wildman–Crippen LogP) is 0.199. The Balaban J connectivity index is 1.59. The van der Waals surface area contributed by atoms with Crippen LogP contribution in [0, 0.1) is 13.8 Å². The van der Waals surface area contributed by atoms with Crippen molar-refractivity contribution >= 4 is 11.7 Å². The molecule has 0 radical (unpaired) electrons. The molecule has 0 bridgehead atoms. The van der Waals surface area contributed by atoms with Gasteiger partial charge in [-0.1, -0.05) is 6.92 Å². The zero-order chi connectivity index (χ0) is 18.0. The number of hydrogen-bond donors (Lipinski definition) is 1. The number of rotatable bonds is 5. The van der Waals surface area contributed by atoms with Gasteiger partial charge in [0.25, 0.3) is 5.78 Å². The number of carbonyl (C=O) groups excluding carboxylic acids is 1. The molecule has 8 heteroatoms. The summed E-state index contributed by atoms with van der Waals surface area (Å²) in [6, 6.07) is 1.94. The number of piperazine rings is 1. The van der Waals surface area contributed by atoms with Gasteiger partial charge in [0.1, 0.15) is 0 Å². The molecule has 1 fully saturated rings. The van der Waals surface area contributed by atoms with E-state index in [9.17, 15) is 9.90 Å². The molecule has 0 aromatic carbocycles. The highest BCUT2D eigenvalue weighted by molar-refractivity contribution is 5.78. The van der Waals surface area contributed by atoms with E-state index in [0.29, 0.717) is 31.2 Å². The summed E-state index contributed by atoms with van der Waals surface area (Å²) in [5.74, 6) is 1.09. The molecular formula is C17H26N6O2. The SMILES string of the molecule is CCC(O)CN1CCN(C(=O)Cc2nc3nc(C)cc(C)n3n2)CC1. The second kappa shape index (κ2) is 7.45. The summed E-state index contributed by atoms with van der Waals surface area (Å²) in [5, 5.41) is 14.1. The molecule has 0 spiro atoms. The summed E-state index contributed by atoms with van der Waals surface area (Å²) in [5.41, 5.74) is 1.84. The van der Waals surface area contributed by atoms with E-state index in [0.717, 1.165) is 30.9 Å². The molecule has 3 rings (SSSR count). The number of aliphatic hydroxyl groups is 1. The lowest BCUT2D eigenvalue weighted by Gasteiger charge is -2.35. The Morgan fingerprint density at radius 3 is 2.64 bits per heavy atom. The normalized spacial score (nSPS) is 17.2. The van der Waals surface area contributed by atoms with Gasteiger partial charge in [0.15, 0.2) is 5.82 Å². The van der Waals surface area contributed by atoms with Crippen LogP contribution in [0.4, 0.5) is 0 Å². The van der Waals surface area contributed by atoms with Crippen LogP contribution in [0.5, 0.6) is 0 Å². The fraction of sp³-hybridized carbons (Fsp3) is 0.647. The smallest absolute Gasteiger partial charge is 0.252 e. The van der Waals surface area contributed by atoms with E-state index >= 15 is 0 Å². The van der Waals surface area contributed by atoms with Crippen LogP contribution in [0.1, 0.15) is 30.6 Å². The fourth-order valence-electron chi connectivity index (χ4n) is 3.14. The van der Waals surface area contributed by atoms with Crippen LogP contribution in [0.2, 0.25) is 0 Å². The van der Waals surface area contributed by atoms with Gasteiger partial charge in [-0.25, -0.2) is 9.50 Å². The number of β-amino-alcohol motifs (C(OH)–C–C–N with tert-alkyl or cyclic N) is 1. The molecule has 2 aromatic rings. The second-order valence-electron chi connectivity index (χ2n) is 6.70. The van der Waals surface area contributed by atoms with Crippen LogP contribution < -0.4 is 0 Å². The fourth-order valence-corrected chi connectivity index (χ4v) is 3.14. The Hall–Kier alpha value is -2.06. The molecule has 1 unspecified atom stereocenters.